The number of nitrogens with one attached hydrogen (secondary N) is 1. The van der Waals surface area contributed by atoms with Gasteiger partial charge >= 0.3 is 0 Å². The van der Waals surface area contributed by atoms with Crippen molar-refractivity contribution < 1.29 is 0 Å². The van der Waals surface area contributed by atoms with E-state index in [1.807, 2.05) is 48.7 Å². The van der Waals surface area contributed by atoms with E-state index in [0.29, 0.717) is 5.11 Å². The lowest BCUT2D eigenvalue weighted by atomic mass is 10.0. The molecule has 0 amide bonds. The zero-order chi connectivity index (χ0) is 22.4. The highest BCUT2D eigenvalue weighted by Crippen LogP contribution is 2.42. The normalized spacial score (nSPS) is 18.1. The first-order valence-corrected chi connectivity index (χ1v) is 12.5. The van der Waals surface area contributed by atoms with Gasteiger partial charge < -0.3 is 10.2 Å². The van der Waals surface area contributed by atoms with Crippen molar-refractivity contribution in [3.05, 3.63) is 107 Å². The second kappa shape index (κ2) is 8.37. The largest absolute Gasteiger partial charge is 0.351 e. The molecule has 2 atom stereocenters. The van der Waals surface area contributed by atoms with Gasteiger partial charge in [-0.15, -0.1) is 0 Å². The Morgan fingerprint density at radius 1 is 0.939 bits per heavy atom. The first-order chi connectivity index (χ1) is 16.2. The van der Waals surface area contributed by atoms with Gasteiger partial charge in [-0.1, -0.05) is 45.5 Å². The van der Waals surface area contributed by atoms with Crippen molar-refractivity contribution in [1.29, 1.82) is 0 Å². The average molecular weight is 532 g/mol. The van der Waals surface area contributed by atoms with E-state index >= 15 is 0 Å². The lowest BCUT2D eigenvalue weighted by Gasteiger charge is -2.28. The van der Waals surface area contributed by atoms with E-state index in [0.717, 1.165) is 32.2 Å². The number of hydrogen-bond acceptors (Lipinski definition) is 4. The van der Waals surface area contributed by atoms with Gasteiger partial charge in [0.25, 0.3) is 0 Å². The fourth-order valence-corrected chi connectivity index (χ4v) is 5.89. The van der Waals surface area contributed by atoms with Gasteiger partial charge in [-0.3, -0.25) is 9.55 Å². The van der Waals surface area contributed by atoms with Crippen LogP contribution in [0.4, 0.5) is 5.69 Å². The Morgan fingerprint density at radius 2 is 1.76 bits per heavy atom. The third kappa shape index (κ3) is 3.64. The molecule has 5 aromatic rings. The maximum Gasteiger partial charge on any atom is 0.194 e. The van der Waals surface area contributed by atoms with Crippen LogP contribution in [0, 0.1) is 0 Å². The van der Waals surface area contributed by atoms with Crippen LogP contribution in [-0.4, -0.2) is 19.6 Å². The number of fused-ring (bicyclic) bond motifs is 1. The Morgan fingerprint density at radius 3 is 2.55 bits per heavy atom. The average Bonchev–Trinajstić information content (AvgIpc) is 3.56. The van der Waals surface area contributed by atoms with Crippen molar-refractivity contribution in [2.24, 2.45) is 0 Å². The quantitative estimate of drug-likeness (QED) is 0.271. The number of pyridine rings is 1. The summed E-state index contributed by atoms with van der Waals surface area (Å²) in [4.78, 5) is 11.7. The van der Waals surface area contributed by atoms with Gasteiger partial charge in [0.2, 0.25) is 0 Å². The Labute approximate surface area is 208 Å². The Balaban J connectivity index is 1.51. The zero-order valence-corrected chi connectivity index (χ0v) is 20.5. The summed E-state index contributed by atoms with van der Waals surface area (Å²) in [6.45, 7) is 0. The van der Waals surface area contributed by atoms with Gasteiger partial charge in [0.1, 0.15) is 6.04 Å². The second-order valence-corrected chi connectivity index (χ2v) is 10.1. The molecule has 0 aliphatic carbocycles. The Bertz CT molecular complexity index is 1410. The molecule has 5 nitrogen and oxygen atoms in total. The van der Waals surface area contributed by atoms with Crippen LogP contribution in [0.15, 0.2) is 95.7 Å². The number of hydrogen-bond donors (Lipinski definition) is 1. The highest BCUT2D eigenvalue weighted by Gasteiger charge is 2.42. The van der Waals surface area contributed by atoms with Crippen LogP contribution < -0.4 is 10.2 Å². The second-order valence-electron chi connectivity index (χ2n) is 7.74. The Kier molecular flexibility index (Phi) is 5.21. The van der Waals surface area contributed by atoms with Gasteiger partial charge in [0.05, 0.1) is 27.6 Å². The number of nitrogens with zero attached hydrogens (tertiary/aromatic N) is 4. The molecule has 1 N–H and O–H groups in total. The summed E-state index contributed by atoms with van der Waals surface area (Å²) >= 11 is 11.1. The van der Waals surface area contributed by atoms with Crippen LogP contribution in [0.1, 0.15) is 23.5 Å². The van der Waals surface area contributed by atoms with Gasteiger partial charge in [-0.2, -0.15) is 0 Å². The minimum atomic E-state index is -0.106. The predicted molar refractivity (Wildman–Crippen MR) is 141 cm³/mol. The molecular formula is C25H18BrN5S2. The first kappa shape index (κ1) is 20.5. The van der Waals surface area contributed by atoms with Crippen molar-refractivity contribution in [3.63, 3.8) is 0 Å². The molecule has 1 saturated heterocycles. The van der Waals surface area contributed by atoms with E-state index in [9.17, 15) is 0 Å². The summed E-state index contributed by atoms with van der Waals surface area (Å²) in [5.74, 6) is 0. The highest BCUT2D eigenvalue weighted by atomic mass is 79.9. The molecule has 0 bridgehead atoms. The van der Waals surface area contributed by atoms with Crippen molar-refractivity contribution in [2.75, 3.05) is 4.90 Å². The number of aromatic nitrogens is 3. The molecule has 0 radical (unpaired) electrons. The van der Waals surface area contributed by atoms with E-state index in [-0.39, 0.29) is 12.1 Å². The third-order valence-electron chi connectivity index (χ3n) is 5.77. The van der Waals surface area contributed by atoms with Crippen LogP contribution in [-0.2, 0) is 0 Å². The summed E-state index contributed by atoms with van der Waals surface area (Å²) in [6, 6.07) is 26.5. The topological polar surface area (TPSA) is 46.0 Å². The molecule has 0 unspecified atom stereocenters. The fraction of sp³-hybridized carbons (Fsp3) is 0.0800. The maximum absolute atomic E-state index is 5.85. The number of anilines is 1. The standard InChI is InChI=1S/C25H18BrN5S2/c26-16-10-12-17(13-11-16)31-23(22(29-24(31)32)19-7-3-4-14-27-19)20-8-5-15-30(20)25-28-18-6-1-2-9-21(18)33-25/h1-15,22-23H,(H,29,32)/t22-,23-/m1/s1. The first-order valence-electron chi connectivity index (χ1n) is 10.5. The van der Waals surface area contributed by atoms with Crippen molar-refractivity contribution in [2.45, 2.75) is 12.1 Å². The van der Waals surface area contributed by atoms with E-state index in [1.165, 1.54) is 4.70 Å². The van der Waals surface area contributed by atoms with Crippen LogP contribution >= 0.6 is 39.5 Å². The summed E-state index contributed by atoms with van der Waals surface area (Å²) in [6.07, 6.45) is 3.90. The molecule has 4 heterocycles. The van der Waals surface area contributed by atoms with Gasteiger partial charge in [0, 0.05) is 22.6 Å². The molecule has 33 heavy (non-hydrogen) atoms. The molecule has 0 spiro atoms. The summed E-state index contributed by atoms with van der Waals surface area (Å²) in [5.41, 5.74) is 4.07. The van der Waals surface area contributed by atoms with Gasteiger partial charge in [-0.05, 0) is 72.9 Å². The van der Waals surface area contributed by atoms with Crippen molar-refractivity contribution in [3.8, 4) is 5.13 Å². The molecule has 1 aliphatic heterocycles. The highest BCUT2D eigenvalue weighted by molar-refractivity contribution is 9.10. The van der Waals surface area contributed by atoms with Crippen molar-refractivity contribution >= 4 is 60.5 Å². The number of benzene rings is 2. The molecule has 1 fully saturated rings. The molecule has 6 rings (SSSR count). The molecule has 3 aromatic heterocycles. The van der Waals surface area contributed by atoms with Crippen molar-refractivity contribution in [1.82, 2.24) is 19.9 Å². The van der Waals surface area contributed by atoms with Gasteiger partial charge in [-0.25, -0.2) is 4.98 Å². The van der Waals surface area contributed by atoms with Crippen LogP contribution in [0.5, 0.6) is 0 Å². The predicted octanol–water partition coefficient (Wildman–Crippen LogP) is 6.42. The fourth-order valence-electron chi connectivity index (χ4n) is 4.31. The number of thiazole rings is 1. The minimum Gasteiger partial charge on any atom is -0.351 e. The molecule has 2 aromatic carbocycles. The molecule has 0 saturated carbocycles. The molecule has 1 aliphatic rings. The van der Waals surface area contributed by atoms with E-state index in [4.69, 9.17) is 17.2 Å². The lowest BCUT2D eigenvalue weighted by Crippen LogP contribution is -2.30. The minimum absolute atomic E-state index is 0.101. The number of rotatable bonds is 4. The smallest absolute Gasteiger partial charge is 0.194 e. The van der Waals surface area contributed by atoms with E-state index < -0.39 is 0 Å². The van der Waals surface area contributed by atoms with E-state index in [1.54, 1.807) is 11.3 Å². The van der Waals surface area contributed by atoms with E-state index in [2.05, 4.69) is 78.3 Å². The lowest BCUT2D eigenvalue weighted by molar-refractivity contribution is 0.549. The Hall–Kier alpha value is -3.07. The number of halogens is 1. The third-order valence-corrected chi connectivity index (χ3v) is 7.65. The molecule has 8 heteroatoms. The van der Waals surface area contributed by atoms with Crippen LogP contribution in [0.25, 0.3) is 15.3 Å². The SMILES string of the molecule is S=C1N[C@H](c2ccccn2)[C@@H](c2cccn2-c2nc3ccccc3s2)N1c1ccc(Br)cc1. The molecular weight excluding hydrogens is 514 g/mol. The summed E-state index contributed by atoms with van der Waals surface area (Å²) in [7, 11) is 0. The van der Waals surface area contributed by atoms with Crippen LogP contribution in [0.2, 0.25) is 0 Å². The zero-order valence-electron chi connectivity index (χ0n) is 17.3. The summed E-state index contributed by atoms with van der Waals surface area (Å²) < 4.78 is 4.37. The molecule has 162 valence electrons. The number of thiocarbonyl (C=S) groups is 1. The number of para-hydroxylation sites is 1. The van der Waals surface area contributed by atoms with Gasteiger partial charge in [0.15, 0.2) is 10.2 Å². The maximum atomic E-state index is 5.85. The van der Waals surface area contributed by atoms with Crippen LogP contribution in [0.3, 0.4) is 0 Å². The monoisotopic (exact) mass is 531 g/mol. The summed E-state index contributed by atoms with van der Waals surface area (Å²) in [5, 5.41) is 5.14.